The summed E-state index contributed by atoms with van der Waals surface area (Å²) in [5, 5.41) is 4.30. The average Bonchev–Trinajstić information content (AvgIpc) is 2.26. The lowest BCUT2D eigenvalue weighted by molar-refractivity contribution is 0.442. The number of fused-ring (bicyclic) bond motifs is 1. The molecule has 0 aliphatic carbocycles. The van der Waals surface area contributed by atoms with E-state index in [1.165, 1.54) is 0 Å². The fourth-order valence-corrected chi connectivity index (χ4v) is 1.92. The number of rotatable bonds is 2. The quantitative estimate of drug-likeness (QED) is 0.914. The maximum Gasteiger partial charge on any atom is 0.223 e. The van der Waals surface area contributed by atoms with Crippen molar-refractivity contribution in [3.8, 4) is 0 Å². The minimum Gasteiger partial charge on any atom is -0.354 e. The van der Waals surface area contributed by atoms with E-state index in [-0.39, 0.29) is 5.41 Å². The van der Waals surface area contributed by atoms with E-state index in [4.69, 9.17) is 0 Å². The Morgan fingerprint density at radius 3 is 2.76 bits per heavy atom. The van der Waals surface area contributed by atoms with E-state index in [1.807, 2.05) is 24.4 Å². The van der Waals surface area contributed by atoms with Crippen LogP contribution < -0.4 is 5.32 Å². The number of anilines is 1. The van der Waals surface area contributed by atoms with Crippen LogP contribution in [0, 0.1) is 5.41 Å². The number of halogens is 1. The smallest absolute Gasteiger partial charge is 0.223 e. The van der Waals surface area contributed by atoms with Gasteiger partial charge in [0.05, 0.1) is 5.52 Å². The Kier molecular flexibility index (Phi) is 3.33. The largest absolute Gasteiger partial charge is 0.354 e. The first-order valence-corrected chi connectivity index (χ1v) is 6.40. The maximum atomic E-state index is 4.51. The summed E-state index contributed by atoms with van der Waals surface area (Å²) >= 11 is 3.50. The molecule has 17 heavy (non-hydrogen) atoms. The molecule has 2 rings (SSSR count). The molecule has 1 aromatic heterocycles. The van der Waals surface area contributed by atoms with E-state index in [1.54, 1.807) is 0 Å². The second-order valence-electron chi connectivity index (χ2n) is 5.29. The predicted octanol–water partition coefficient (Wildman–Crippen LogP) is 3.85. The molecule has 0 amide bonds. The van der Waals surface area contributed by atoms with Crippen molar-refractivity contribution in [2.24, 2.45) is 5.41 Å². The van der Waals surface area contributed by atoms with E-state index in [2.05, 4.69) is 52.0 Å². The number of para-hydroxylation sites is 1. The zero-order chi connectivity index (χ0) is 12.5. The summed E-state index contributed by atoms with van der Waals surface area (Å²) in [4.78, 5) is 8.82. The maximum absolute atomic E-state index is 4.51. The Balaban J connectivity index is 2.28. The minimum absolute atomic E-state index is 0.215. The zero-order valence-corrected chi connectivity index (χ0v) is 11.9. The molecule has 1 N–H and O–H groups in total. The standard InChI is InChI=1S/C13H16BrN3/c1-13(2,3)8-16-12-15-7-9-5-4-6-10(14)11(9)17-12/h4-7H,8H2,1-3H3,(H,15,16,17). The molecule has 0 saturated carbocycles. The zero-order valence-electron chi connectivity index (χ0n) is 10.3. The number of aromatic nitrogens is 2. The predicted molar refractivity (Wildman–Crippen MR) is 75.2 cm³/mol. The van der Waals surface area contributed by atoms with Gasteiger partial charge in [-0.15, -0.1) is 0 Å². The second-order valence-corrected chi connectivity index (χ2v) is 6.14. The van der Waals surface area contributed by atoms with Gasteiger partial charge >= 0.3 is 0 Å². The highest BCUT2D eigenvalue weighted by atomic mass is 79.9. The van der Waals surface area contributed by atoms with Gasteiger partial charge in [0.15, 0.2) is 0 Å². The molecule has 0 aliphatic rings. The van der Waals surface area contributed by atoms with Gasteiger partial charge in [-0.05, 0) is 27.4 Å². The third-order valence-electron chi connectivity index (χ3n) is 2.34. The molecule has 3 nitrogen and oxygen atoms in total. The SMILES string of the molecule is CC(C)(C)CNc1ncc2cccc(Br)c2n1. The van der Waals surface area contributed by atoms with Crippen LogP contribution >= 0.6 is 15.9 Å². The van der Waals surface area contributed by atoms with Crippen LogP contribution in [-0.4, -0.2) is 16.5 Å². The first-order valence-electron chi connectivity index (χ1n) is 5.61. The van der Waals surface area contributed by atoms with Crippen LogP contribution in [0.1, 0.15) is 20.8 Å². The number of nitrogens with zero attached hydrogens (tertiary/aromatic N) is 2. The van der Waals surface area contributed by atoms with Gasteiger partial charge in [-0.25, -0.2) is 9.97 Å². The fourth-order valence-electron chi connectivity index (χ4n) is 1.45. The topological polar surface area (TPSA) is 37.8 Å². The summed E-state index contributed by atoms with van der Waals surface area (Å²) in [6.07, 6.45) is 1.85. The Bertz CT molecular complexity index is 532. The average molecular weight is 294 g/mol. The third kappa shape index (κ3) is 3.16. The van der Waals surface area contributed by atoms with Gasteiger partial charge in [0.1, 0.15) is 0 Å². The molecule has 4 heteroatoms. The molecule has 0 unspecified atom stereocenters. The number of hydrogen-bond donors (Lipinski definition) is 1. The number of benzene rings is 1. The first-order chi connectivity index (χ1) is 7.96. The van der Waals surface area contributed by atoms with Crippen molar-refractivity contribution >= 4 is 32.8 Å². The Morgan fingerprint density at radius 2 is 2.06 bits per heavy atom. The summed E-state index contributed by atoms with van der Waals surface area (Å²) in [5.74, 6) is 0.680. The van der Waals surface area contributed by atoms with Crippen molar-refractivity contribution in [3.05, 3.63) is 28.9 Å². The monoisotopic (exact) mass is 293 g/mol. The van der Waals surface area contributed by atoms with E-state index >= 15 is 0 Å². The molecular formula is C13H16BrN3. The van der Waals surface area contributed by atoms with Crippen LogP contribution in [0.25, 0.3) is 10.9 Å². The van der Waals surface area contributed by atoms with Crippen molar-refractivity contribution in [2.75, 3.05) is 11.9 Å². The van der Waals surface area contributed by atoms with Gasteiger partial charge in [-0.2, -0.15) is 0 Å². The molecule has 0 atom stereocenters. The molecule has 0 fully saturated rings. The van der Waals surface area contributed by atoms with Crippen LogP contribution in [0.3, 0.4) is 0 Å². The number of nitrogens with one attached hydrogen (secondary N) is 1. The van der Waals surface area contributed by atoms with Gasteiger partial charge in [-0.1, -0.05) is 32.9 Å². The minimum atomic E-state index is 0.215. The summed E-state index contributed by atoms with van der Waals surface area (Å²) in [6, 6.07) is 5.98. The molecule has 0 aliphatic heterocycles. The summed E-state index contributed by atoms with van der Waals surface area (Å²) in [5.41, 5.74) is 1.16. The van der Waals surface area contributed by atoms with Crippen LogP contribution in [0.5, 0.6) is 0 Å². The first kappa shape index (κ1) is 12.3. The lowest BCUT2D eigenvalue weighted by atomic mass is 9.97. The molecule has 1 aromatic carbocycles. The Hall–Kier alpha value is -1.16. The van der Waals surface area contributed by atoms with Crippen molar-refractivity contribution in [3.63, 3.8) is 0 Å². The van der Waals surface area contributed by atoms with Crippen LogP contribution in [-0.2, 0) is 0 Å². The molecule has 0 saturated heterocycles. The Labute approximate surface area is 110 Å². The van der Waals surface area contributed by atoms with E-state index < -0.39 is 0 Å². The lowest BCUT2D eigenvalue weighted by Gasteiger charge is -2.18. The molecule has 90 valence electrons. The molecule has 0 spiro atoms. The lowest BCUT2D eigenvalue weighted by Crippen LogP contribution is -2.20. The van der Waals surface area contributed by atoms with Crippen molar-refractivity contribution in [1.29, 1.82) is 0 Å². The molecule has 0 radical (unpaired) electrons. The molecule has 2 aromatic rings. The molecule has 1 heterocycles. The molecule has 0 bridgehead atoms. The normalized spacial score (nSPS) is 11.8. The van der Waals surface area contributed by atoms with E-state index in [9.17, 15) is 0 Å². The highest BCUT2D eigenvalue weighted by Crippen LogP contribution is 2.22. The van der Waals surface area contributed by atoms with Gasteiger partial charge in [0.25, 0.3) is 0 Å². The van der Waals surface area contributed by atoms with Crippen molar-refractivity contribution < 1.29 is 0 Å². The van der Waals surface area contributed by atoms with Crippen molar-refractivity contribution in [2.45, 2.75) is 20.8 Å². The van der Waals surface area contributed by atoms with Gasteiger partial charge in [-0.3, -0.25) is 0 Å². The van der Waals surface area contributed by atoms with Crippen molar-refractivity contribution in [1.82, 2.24) is 9.97 Å². The summed E-state index contributed by atoms with van der Waals surface area (Å²) in [7, 11) is 0. The Morgan fingerprint density at radius 1 is 1.29 bits per heavy atom. The third-order valence-corrected chi connectivity index (χ3v) is 2.98. The highest BCUT2D eigenvalue weighted by Gasteiger charge is 2.10. The fraction of sp³-hybridized carbons (Fsp3) is 0.385. The summed E-state index contributed by atoms with van der Waals surface area (Å²) in [6.45, 7) is 7.38. The summed E-state index contributed by atoms with van der Waals surface area (Å²) < 4.78 is 0.996. The van der Waals surface area contributed by atoms with E-state index in [0.717, 1.165) is 21.9 Å². The van der Waals surface area contributed by atoms with Gasteiger partial charge in [0.2, 0.25) is 5.95 Å². The van der Waals surface area contributed by atoms with Crippen LogP contribution in [0.4, 0.5) is 5.95 Å². The van der Waals surface area contributed by atoms with E-state index in [0.29, 0.717) is 5.95 Å². The second kappa shape index (κ2) is 4.61. The van der Waals surface area contributed by atoms with Gasteiger partial charge in [0, 0.05) is 22.6 Å². The molecular weight excluding hydrogens is 278 g/mol. The number of hydrogen-bond acceptors (Lipinski definition) is 3. The van der Waals surface area contributed by atoms with Crippen LogP contribution in [0.2, 0.25) is 0 Å². The van der Waals surface area contributed by atoms with Gasteiger partial charge < -0.3 is 5.32 Å². The van der Waals surface area contributed by atoms with Crippen LogP contribution in [0.15, 0.2) is 28.9 Å². The highest BCUT2D eigenvalue weighted by molar-refractivity contribution is 9.10.